The van der Waals surface area contributed by atoms with Crippen LogP contribution in [0, 0.1) is 13.8 Å². The van der Waals surface area contributed by atoms with Crippen molar-refractivity contribution >= 4 is 15.7 Å². The summed E-state index contributed by atoms with van der Waals surface area (Å²) in [5.74, 6) is 5.31. The standard InChI is InChI=1S/C11H19N3O3S/c1-8-6-10(13-12)7-9(2)11(8)18(16,17)14(3)4-5-15/h6-7,13,15H,4-5,12H2,1-3H3. The van der Waals surface area contributed by atoms with Crippen molar-refractivity contribution in [1.82, 2.24) is 4.31 Å². The first-order valence-corrected chi connectivity index (χ1v) is 6.93. The lowest BCUT2D eigenvalue weighted by Gasteiger charge is -2.19. The summed E-state index contributed by atoms with van der Waals surface area (Å²) in [7, 11) is -2.14. The van der Waals surface area contributed by atoms with Crippen LogP contribution < -0.4 is 11.3 Å². The second-order valence-electron chi connectivity index (χ2n) is 4.13. The van der Waals surface area contributed by atoms with Gasteiger partial charge in [0.1, 0.15) is 0 Å². The number of hydrazine groups is 1. The Balaban J connectivity index is 3.33. The van der Waals surface area contributed by atoms with Crippen LogP contribution in [0.3, 0.4) is 0 Å². The van der Waals surface area contributed by atoms with E-state index in [1.165, 1.54) is 7.05 Å². The number of nitrogens with one attached hydrogen (secondary N) is 1. The highest BCUT2D eigenvalue weighted by Gasteiger charge is 2.24. The Bertz CT molecular complexity index is 505. The molecule has 18 heavy (non-hydrogen) atoms. The SMILES string of the molecule is Cc1cc(NN)cc(C)c1S(=O)(=O)N(C)CCO. The highest BCUT2D eigenvalue weighted by molar-refractivity contribution is 7.89. The van der Waals surface area contributed by atoms with Crippen LogP contribution in [0.1, 0.15) is 11.1 Å². The van der Waals surface area contributed by atoms with E-state index in [1.807, 2.05) is 0 Å². The fourth-order valence-electron chi connectivity index (χ4n) is 1.86. The molecule has 0 bridgehead atoms. The van der Waals surface area contributed by atoms with Gasteiger partial charge < -0.3 is 10.5 Å². The fraction of sp³-hybridized carbons (Fsp3) is 0.455. The molecule has 0 fully saturated rings. The molecule has 0 spiro atoms. The van der Waals surface area contributed by atoms with Gasteiger partial charge in [-0.15, -0.1) is 0 Å². The molecule has 1 aromatic carbocycles. The van der Waals surface area contributed by atoms with Crippen molar-refractivity contribution in [3.63, 3.8) is 0 Å². The first-order chi connectivity index (χ1) is 8.34. The van der Waals surface area contributed by atoms with Gasteiger partial charge in [0.2, 0.25) is 10.0 Å². The summed E-state index contributed by atoms with van der Waals surface area (Å²) in [5, 5.41) is 8.84. The molecule has 0 aromatic heterocycles. The molecule has 0 saturated heterocycles. The van der Waals surface area contributed by atoms with Gasteiger partial charge in [0.15, 0.2) is 0 Å². The Kier molecular flexibility index (Phi) is 4.69. The number of hydrogen-bond donors (Lipinski definition) is 3. The van der Waals surface area contributed by atoms with E-state index in [4.69, 9.17) is 10.9 Å². The molecule has 102 valence electrons. The Morgan fingerprint density at radius 3 is 2.22 bits per heavy atom. The number of aryl methyl sites for hydroxylation is 2. The lowest BCUT2D eigenvalue weighted by atomic mass is 10.1. The molecule has 0 aliphatic carbocycles. The first kappa shape index (κ1) is 14.9. The van der Waals surface area contributed by atoms with E-state index in [0.29, 0.717) is 16.8 Å². The monoisotopic (exact) mass is 273 g/mol. The zero-order chi connectivity index (χ0) is 13.9. The zero-order valence-electron chi connectivity index (χ0n) is 10.8. The number of nitrogens with zero attached hydrogens (tertiary/aromatic N) is 1. The van der Waals surface area contributed by atoms with Crippen LogP contribution in [0.2, 0.25) is 0 Å². The molecule has 1 rings (SSSR count). The van der Waals surface area contributed by atoms with Gasteiger partial charge in [-0.25, -0.2) is 8.42 Å². The van der Waals surface area contributed by atoms with Gasteiger partial charge in [-0.05, 0) is 37.1 Å². The lowest BCUT2D eigenvalue weighted by Crippen LogP contribution is -2.30. The third-order valence-electron chi connectivity index (χ3n) is 2.71. The molecular weight excluding hydrogens is 254 g/mol. The van der Waals surface area contributed by atoms with Crippen molar-refractivity contribution in [3.05, 3.63) is 23.3 Å². The Morgan fingerprint density at radius 1 is 1.33 bits per heavy atom. The van der Waals surface area contributed by atoms with Gasteiger partial charge in [-0.2, -0.15) is 4.31 Å². The van der Waals surface area contributed by atoms with Crippen molar-refractivity contribution in [2.24, 2.45) is 5.84 Å². The Hall–Kier alpha value is -1.15. The second-order valence-corrected chi connectivity index (χ2v) is 6.12. The van der Waals surface area contributed by atoms with Crippen LogP contribution in [0.4, 0.5) is 5.69 Å². The normalized spacial score (nSPS) is 11.9. The summed E-state index contributed by atoms with van der Waals surface area (Å²) >= 11 is 0. The third-order valence-corrected chi connectivity index (χ3v) is 4.87. The number of likely N-dealkylation sites (N-methyl/N-ethyl adjacent to an activating group) is 1. The van der Waals surface area contributed by atoms with E-state index in [1.54, 1.807) is 26.0 Å². The van der Waals surface area contributed by atoms with Crippen molar-refractivity contribution < 1.29 is 13.5 Å². The van der Waals surface area contributed by atoms with Crippen LogP contribution in [0.25, 0.3) is 0 Å². The molecule has 0 radical (unpaired) electrons. The van der Waals surface area contributed by atoms with E-state index >= 15 is 0 Å². The molecule has 0 amide bonds. The van der Waals surface area contributed by atoms with E-state index in [0.717, 1.165) is 4.31 Å². The van der Waals surface area contributed by atoms with Crippen LogP contribution in [0.15, 0.2) is 17.0 Å². The van der Waals surface area contributed by atoms with Gasteiger partial charge >= 0.3 is 0 Å². The van der Waals surface area contributed by atoms with Crippen LogP contribution in [-0.4, -0.2) is 38.0 Å². The number of aliphatic hydroxyl groups excluding tert-OH is 1. The average Bonchev–Trinajstić information content (AvgIpc) is 2.27. The quantitative estimate of drug-likeness (QED) is 0.526. The summed E-state index contributed by atoms with van der Waals surface area (Å²) < 4.78 is 25.8. The van der Waals surface area contributed by atoms with Crippen molar-refractivity contribution in [3.8, 4) is 0 Å². The van der Waals surface area contributed by atoms with E-state index in [-0.39, 0.29) is 18.0 Å². The number of aliphatic hydroxyl groups is 1. The zero-order valence-corrected chi connectivity index (χ0v) is 11.6. The van der Waals surface area contributed by atoms with E-state index in [9.17, 15) is 8.42 Å². The Morgan fingerprint density at radius 2 is 1.83 bits per heavy atom. The van der Waals surface area contributed by atoms with Crippen LogP contribution in [0.5, 0.6) is 0 Å². The van der Waals surface area contributed by atoms with Crippen LogP contribution in [-0.2, 0) is 10.0 Å². The molecule has 0 aliphatic rings. The molecule has 0 unspecified atom stereocenters. The maximum absolute atomic E-state index is 12.3. The largest absolute Gasteiger partial charge is 0.395 e. The maximum atomic E-state index is 12.3. The van der Waals surface area contributed by atoms with Crippen molar-refractivity contribution in [1.29, 1.82) is 0 Å². The summed E-state index contributed by atoms with van der Waals surface area (Å²) in [6.07, 6.45) is 0. The molecule has 0 aliphatic heterocycles. The minimum atomic E-state index is -3.58. The predicted octanol–water partition coefficient (Wildman–Crippen LogP) is 0.202. The van der Waals surface area contributed by atoms with Gasteiger partial charge in [-0.3, -0.25) is 5.84 Å². The average molecular weight is 273 g/mol. The van der Waals surface area contributed by atoms with Gasteiger partial charge in [0.25, 0.3) is 0 Å². The summed E-state index contributed by atoms with van der Waals surface area (Å²) in [6, 6.07) is 3.35. The molecule has 1 aromatic rings. The first-order valence-electron chi connectivity index (χ1n) is 5.49. The maximum Gasteiger partial charge on any atom is 0.243 e. The predicted molar refractivity (Wildman–Crippen MR) is 70.6 cm³/mol. The topological polar surface area (TPSA) is 95.7 Å². The van der Waals surface area contributed by atoms with Crippen LogP contribution >= 0.6 is 0 Å². The smallest absolute Gasteiger partial charge is 0.243 e. The number of nitrogens with two attached hydrogens (primary N) is 1. The lowest BCUT2D eigenvalue weighted by molar-refractivity contribution is 0.266. The number of anilines is 1. The van der Waals surface area contributed by atoms with Gasteiger partial charge in [0, 0.05) is 19.3 Å². The molecule has 7 heteroatoms. The highest BCUT2D eigenvalue weighted by atomic mass is 32.2. The summed E-state index contributed by atoms with van der Waals surface area (Å²) in [6.45, 7) is 3.29. The minimum Gasteiger partial charge on any atom is -0.395 e. The number of benzene rings is 1. The van der Waals surface area contributed by atoms with Crippen molar-refractivity contribution in [2.75, 3.05) is 25.6 Å². The number of rotatable bonds is 5. The van der Waals surface area contributed by atoms with Gasteiger partial charge in [0.05, 0.1) is 11.5 Å². The minimum absolute atomic E-state index is 0.0676. The highest BCUT2D eigenvalue weighted by Crippen LogP contribution is 2.26. The molecule has 0 atom stereocenters. The molecule has 6 nitrogen and oxygen atoms in total. The molecule has 0 heterocycles. The summed E-state index contributed by atoms with van der Waals surface area (Å²) in [4.78, 5) is 0.262. The van der Waals surface area contributed by atoms with E-state index in [2.05, 4.69) is 5.43 Å². The Labute approximate surface area is 107 Å². The number of sulfonamides is 1. The fourth-order valence-corrected chi connectivity index (χ4v) is 3.42. The second kappa shape index (κ2) is 5.66. The number of hydrogen-bond acceptors (Lipinski definition) is 5. The van der Waals surface area contributed by atoms with E-state index < -0.39 is 10.0 Å². The molecular formula is C11H19N3O3S. The molecule has 4 N–H and O–H groups in total. The van der Waals surface area contributed by atoms with Gasteiger partial charge in [-0.1, -0.05) is 0 Å². The molecule has 0 saturated carbocycles. The third kappa shape index (κ3) is 2.81. The summed E-state index contributed by atoms with van der Waals surface area (Å²) in [5.41, 5.74) is 4.39. The van der Waals surface area contributed by atoms with Crippen molar-refractivity contribution in [2.45, 2.75) is 18.7 Å². The number of nitrogen functional groups attached to an aromatic ring is 1.